The third-order valence-corrected chi connectivity index (χ3v) is 4.98. The van der Waals surface area contributed by atoms with Gasteiger partial charge in [0.05, 0.1) is 12.2 Å². The van der Waals surface area contributed by atoms with E-state index in [-0.39, 0.29) is 22.4 Å². The summed E-state index contributed by atoms with van der Waals surface area (Å²) in [4.78, 5) is 22.0. The Morgan fingerprint density at radius 2 is 1.77 bits per heavy atom. The van der Waals surface area contributed by atoms with Gasteiger partial charge in [0.15, 0.2) is 5.69 Å². The smallest absolute Gasteiger partial charge is 0.417 e. The molecule has 5 N–H and O–H groups in total. The molecule has 0 amide bonds. The maximum Gasteiger partial charge on any atom is 0.417 e. The normalized spacial score (nSPS) is 12.6. The number of nitrogens with zero attached hydrogens (tertiary/aromatic N) is 2. The predicted octanol–water partition coefficient (Wildman–Crippen LogP) is 2.67. The van der Waals surface area contributed by atoms with Gasteiger partial charge in [0, 0.05) is 22.4 Å². The SMILES string of the molecule is N#Cc1ncc(C(F)(F)F)cc1S[C@H](C[C@H](N)CO)c1ccccc1.O=C(O)C(=O)O. The molecule has 0 aliphatic carbocycles. The van der Waals surface area contributed by atoms with Crippen LogP contribution >= 0.6 is 11.8 Å². The van der Waals surface area contributed by atoms with Crippen LogP contribution in [-0.4, -0.2) is 44.9 Å². The summed E-state index contributed by atoms with van der Waals surface area (Å²) < 4.78 is 38.8. The van der Waals surface area contributed by atoms with Crippen LogP contribution in [0.5, 0.6) is 0 Å². The van der Waals surface area contributed by atoms with Crippen molar-refractivity contribution in [2.75, 3.05) is 6.61 Å². The molecule has 2 rings (SSSR count). The molecule has 0 radical (unpaired) electrons. The molecule has 8 nitrogen and oxygen atoms in total. The van der Waals surface area contributed by atoms with Crippen LogP contribution in [0, 0.1) is 11.3 Å². The van der Waals surface area contributed by atoms with E-state index >= 15 is 0 Å². The number of aliphatic hydroxyl groups is 1. The van der Waals surface area contributed by atoms with E-state index < -0.39 is 29.7 Å². The minimum atomic E-state index is -4.54. The Morgan fingerprint density at radius 1 is 1.19 bits per heavy atom. The second kappa shape index (κ2) is 11.9. The second-order valence-electron chi connectivity index (χ2n) is 5.99. The Balaban J connectivity index is 0.000000703. The van der Waals surface area contributed by atoms with Crippen LogP contribution in [-0.2, 0) is 15.8 Å². The van der Waals surface area contributed by atoms with Crippen LogP contribution in [0.4, 0.5) is 13.2 Å². The first kappa shape index (κ1) is 25.9. The molecule has 0 aliphatic heterocycles. The first-order valence-electron chi connectivity index (χ1n) is 8.51. The van der Waals surface area contributed by atoms with Gasteiger partial charge in [-0.3, -0.25) is 0 Å². The summed E-state index contributed by atoms with van der Waals surface area (Å²) >= 11 is 1.09. The Kier molecular flexibility index (Phi) is 9.94. The van der Waals surface area contributed by atoms with E-state index in [9.17, 15) is 18.3 Å². The summed E-state index contributed by atoms with van der Waals surface area (Å²) in [6.45, 7) is -0.240. The van der Waals surface area contributed by atoms with E-state index in [4.69, 9.17) is 30.8 Å². The van der Waals surface area contributed by atoms with Gasteiger partial charge in [0.2, 0.25) is 0 Å². The number of hydrogen-bond donors (Lipinski definition) is 4. The highest BCUT2D eigenvalue weighted by molar-refractivity contribution is 7.99. The number of carbonyl (C=O) groups is 2. The van der Waals surface area contributed by atoms with Crippen molar-refractivity contribution in [3.63, 3.8) is 0 Å². The molecule has 0 aliphatic rings. The van der Waals surface area contributed by atoms with E-state index in [1.807, 2.05) is 36.4 Å². The molecule has 12 heteroatoms. The quantitative estimate of drug-likeness (QED) is 0.378. The highest BCUT2D eigenvalue weighted by Gasteiger charge is 2.32. The maximum atomic E-state index is 12.9. The van der Waals surface area contributed by atoms with E-state index in [0.717, 1.165) is 23.4 Å². The number of nitrogens with two attached hydrogens (primary N) is 1. The number of alkyl halides is 3. The van der Waals surface area contributed by atoms with Crippen molar-refractivity contribution < 1.29 is 38.1 Å². The molecule has 0 saturated carbocycles. The van der Waals surface area contributed by atoms with E-state index in [1.54, 1.807) is 0 Å². The third-order valence-electron chi connectivity index (χ3n) is 3.66. The lowest BCUT2D eigenvalue weighted by Gasteiger charge is -2.21. The molecule has 0 bridgehead atoms. The molecule has 0 fully saturated rings. The van der Waals surface area contributed by atoms with Gasteiger partial charge < -0.3 is 21.1 Å². The fourth-order valence-electron chi connectivity index (χ4n) is 2.20. The fourth-order valence-corrected chi connectivity index (χ4v) is 3.54. The highest BCUT2D eigenvalue weighted by atomic mass is 32.2. The standard InChI is InChI=1S/C17H16F3N3OS.C2H2O4/c18-17(19,20)12-6-16(14(8-21)23-9-12)25-15(7-13(22)10-24)11-4-2-1-3-5-11;3-1(4)2(5)6/h1-6,9,13,15,24H,7,10,22H2;(H,3,4)(H,5,6)/t13-,15+;/m0./s1. The first-order valence-corrected chi connectivity index (χ1v) is 9.39. The fraction of sp³-hybridized carbons (Fsp3) is 0.263. The van der Waals surface area contributed by atoms with E-state index in [2.05, 4.69) is 4.98 Å². The van der Waals surface area contributed by atoms with Crippen molar-refractivity contribution in [3.05, 3.63) is 59.4 Å². The molecule has 1 aromatic heterocycles. The van der Waals surface area contributed by atoms with Crippen molar-refractivity contribution in [1.82, 2.24) is 4.98 Å². The lowest BCUT2D eigenvalue weighted by atomic mass is 10.1. The topological polar surface area (TPSA) is 158 Å². The highest BCUT2D eigenvalue weighted by Crippen LogP contribution is 2.41. The number of aliphatic hydroxyl groups excluding tert-OH is 1. The zero-order chi connectivity index (χ0) is 23.6. The molecule has 1 heterocycles. The van der Waals surface area contributed by atoms with Crippen molar-refractivity contribution in [2.45, 2.75) is 28.8 Å². The van der Waals surface area contributed by atoms with Crippen LogP contribution < -0.4 is 5.73 Å². The van der Waals surface area contributed by atoms with Crippen LogP contribution in [0.3, 0.4) is 0 Å². The number of benzene rings is 1. The second-order valence-corrected chi connectivity index (χ2v) is 7.23. The molecule has 166 valence electrons. The predicted molar refractivity (Wildman–Crippen MR) is 104 cm³/mol. The molecular weight excluding hydrogens is 439 g/mol. The van der Waals surface area contributed by atoms with Gasteiger partial charge in [-0.2, -0.15) is 18.4 Å². The number of nitriles is 1. The van der Waals surface area contributed by atoms with Gasteiger partial charge in [-0.1, -0.05) is 30.3 Å². The number of hydrogen-bond acceptors (Lipinski definition) is 7. The molecular formula is C19H18F3N3O5S. The van der Waals surface area contributed by atoms with Crippen LogP contribution in [0.25, 0.3) is 0 Å². The van der Waals surface area contributed by atoms with Crippen molar-refractivity contribution in [1.29, 1.82) is 5.26 Å². The summed E-state index contributed by atoms with van der Waals surface area (Å²) in [5.74, 6) is -3.65. The van der Waals surface area contributed by atoms with E-state index in [1.165, 1.54) is 0 Å². The lowest BCUT2D eigenvalue weighted by molar-refractivity contribution is -0.159. The minimum Gasteiger partial charge on any atom is -0.473 e. The zero-order valence-electron chi connectivity index (χ0n) is 15.8. The van der Waals surface area contributed by atoms with Gasteiger partial charge >= 0.3 is 18.1 Å². The van der Waals surface area contributed by atoms with Gasteiger partial charge in [0.1, 0.15) is 6.07 Å². The summed E-state index contributed by atoms with van der Waals surface area (Å²) in [6, 6.07) is 11.3. The van der Waals surface area contributed by atoms with Gasteiger partial charge in [-0.05, 0) is 18.1 Å². The van der Waals surface area contributed by atoms with Gasteiger partial charge in [-0.15, -0.1) is 11.8 Å². The molecule has 0 spiro atoms. The number of aliphatic carboxylic acids is 2. The number of thioether (sulfide) groups is 1. The van der Waals surface area contributed by atoms with Gasteiger partial charge in [0.25, 0.3) is 0 Å². The molecule has 31 heavy (non-hydrogen) atoms. The summed E-state index contributed by atoms with van der Waals surface area (Å²) in [5.41, 5.74) is 5.67. The number of rotatable bonds is 6. The Morgan fingerprint density at radius 3 is 2.23 bits per heavy atom. The van der Waals surface area contributed by atoms with Crippen molar-refractivity contribution >= 4 is 23.7 Å². The molecule has 0 saturated heterocycles. The first-order chi connectivity index (χ1) is 14.5. The van der Waals surface area contributed by atoms with E-state index in [0.29, 0.717) is 12.6 Å². The largest absolute Gasteiger partial charge is 0.473 e. The Labute approximate surface area is 179 Å². The van der Waals surface area contributed by atoms with Gasteiger partial charge in [-0.25, -0.2) is 14.6 Å². The number of carboxylic acids is 2. The number of halogens is 3. The molecule has 0 unspecified atom stereocenters. The van der Waals surface area contributed by atoms with Crippen LogP contribution in [0.2, 0.25) is 0 Å². The Bertz CT molecular complexity index is 924. The monoisotopic (exact) mass is 457 g/mol. The number of aromatic nitrogens is 1. The average molecular weight is 457 g/mol. The van der Waals surface area contributed by atoms with Crippen molar-refractivity contribution in [2.24, 2.45) is 5.73 Å². The van der Waals surface area contributed by atoms with Crippen LogP contribution in [0.15, 0.2) is 47.5 Å². The average Bonchev–Trinajstić information content (AvgIpc) is 2.73. The Hall–Kier alpha value is -3.14. The summed E-state index contributed by atoms with van der Waals surface area (Å²) in [5, 5.41) is 32.8. The zero-order valence-corrected chi connectivity index (χ0v) is 16.6. The molecule has 1 aromatic carbocycles. The molecule has 2 atom stereocenters. The third kappa shape index (κ3) is 8.63. The molecule has 2 aromatic rings. The minimum absolute atomic E-state index is 0.0727. The maximum absolute atomic E-state index is 12.9. The van der Waals surface area contributed by atoms with Crippen molar-refractivity contribution in [3.8, 4) is 6.07 Å². The van der Waals surface area contributed by atoms with Crippen LogP contribution in [0.1, 0.15) is 28.5 Å². The lowest BCUT2D eigenvalue weighted by Crippen LogP contribution is -2.26. The summed E-state index contributed by atoms with van der Waals surface area (Å²) in [7, 11) is 0. The summed E-state index contributed by atoms with van der Waals surface area (Å²) in [6.07, 6.45) is -3.55. The number of carboxylic acid groups (broad SMARTS) is 2. The number of pyridine rings is 1.